The summed E-state index contributed by atoms with van der Waals surface area (Å²) in [5, 5.41) is 0. The highest BCUT2D eigenvalue weighted by Gasteiger charge is 2.21. The van der Waals surface area contributed by atoms with Gasteiger partial charge in [-0.15, -0.1) is 0 Å². The number of carbonyl (C=O) groups excluding carboxylic acids is 1. The maximum Gasteiger partial charge on any atom is 0.169 e. The Morgan fingerprint density at radius 2 is 1.85 bits per heavy atom. The zero-order valence-electron chi connectivity index (χ0n) is 14.9. The van der Waals surface area contributed by atoms with Gasteiger partial charge in [0.05, 0.1) is 19.3 Å². The number of hydrogen-bond acceptors (Lipinski definition) is 5. The topological polar surface area (TPSA) is 57.7 Å². The third kappa shape index (κ3) is 3.62. The van der Waals surface area contributed by atoms with Crippen molar-refractivity contribution in [2.45, 2.75) is 12.5 Å². The Morgan fingerprint density at radius 3 is 2.67 bits per heavy atom. The molecule has 1 atom stereocenters. The van der Waals surface area contributed by atoms with Crippen LogP contribution < -0.4 is 14.2 Å². The average molecular weight is 361 g/mol. The van der Waals surface area contributed by atoms with Gasteiger partial charge in [-0.3, -0.25) is 9.78 Å². The van der Waals surface area contributed by atoms with Crippen molar-refractivity contribution in [2.75, 3.05) is 13.7 Å². The molecule has 0 amide bonds. The molecule has 1 aliphatic heterocycles. The van der Waals surface area contributed by atoms with Gasteiger partial charge in [-0.1, -0.05) is 12.1 Å². The Labute approximate surface area is 157 Å². The molecule has 0 N–H and O–H groups in total. The number of ketones is 1. The van der Waals surface area contributed by atoms with E-state index >= 15 is 0 Å². The van der Waals surface area contributed by atoms with Crippen LogP contribution in [-0.4, -0.2) is 24.5 Å². The summed E-state index contributed by atoms with van der Waals surface area (Å²) in [5.74, 6) is 2.06. The van der Waals surface area contributed by atoms with E-state index < -0.39 is 0 Å². The second kappa shape index (κ2) is 7.50. The fraction of sp³-hybridized carbons (Fsp3) is 0.182. The van der Waals surface area contributed by atoms with Gasteiger partial charge < -0.3 is 14.2 Å². The lowest BCUT2D eigenvalue weighted by molar-refractivity contribution is 0.0933. The molecular formula is C22H19NO4. The Kier molecular flexibility index (Phi) is 4.75. The van der Waals surface area contributed by atoms with E-state index in [2.05, 4.69) is 4.98 Å². The number of methoxy groups -OCH3 is 1. The molecule has 0 aliphatic carbocycles. The Balaban J connectivity index is 1.70. The highest BCUT2D eigenvalue weighted by molar-refractivity contribution is 5.99. The van der Waals surface area contributed by atoms with Crippen molar-refractivity contribution >= 4 is 5.78 Å². The summed E-state index contributed by atoms with van der Waals surface area (Å²) in [5.41, 5.74) is 2.53. The standard InChI is InChI=1S/C22H19NO4/c1-25-17-4-2-3-16(13-17)22(15-7-10-23-11-8-15)27-18-5-6-19-20(24)9-12-26-21(19)14-18/h2-8,10-11,13-14,22H,9,12H2,1H3/t22-/m0/s1. The van der Waals surface area contributed by atoms with Crippen LogP contribution in [0.15, 0.2) is 67.0 Å². The van der Waals surface area contributed by atoms with Crippen molar-refractivity contribution in [1.82, 2.24) is 4.98 Å². The van der Waals surface area contributed by atoms with E-state index in [-0.39, 0.29) is 11.9 Å². The molecule has 0 saturated carbocycles. The van der Waals surface area contributed by atoms with Gasteiger partial charge in [-0.2, -0.15) is 0 Å². The Bertz CT molecular complexity index is 956. The molecular weight excluding hydrogens is 342 g/mol. The molecule has 3 aromatic rings. The van der Waals surface area contributed by atoms with E-state index in [4.69, 9.17) is 14.2 Å². The molecule has 4 rings (SSSR count). The monoisotopic (exact) mass is 361 g/mol. The fourth-order valence-corrected chi connectivity index (χ4v) is 3.12. The summed E-state index contributed by atoms with van der Waals surface area (Å²) in [6.07, 6.45) is 3.54. The summed E-state index contributed by atoms with van der Waals surface area (Å²) in [6, 6.07) is 17.0. The van der Waals surface area contributed by atoms with Crippen LogP contribution in [0.25, 0.3) is 0 Å². The SMILES string of the molecule is COc1cccc([C@@H](Oc2ccc3c(c2)OCCC3=O)c2ccncc2)c1. The number of rotatable bonds is 5. The number of benzene rings is 2. The second-order valence-corrected chi connectivity index (χ2v) is 6.23. The molecule has 0 unspecified atom stereocenters. The molecule has 0 radical (unpaired) electrons. The lowest BCUT2D eigenvalue weighted by Gasteiger charge is -2.22. The molecule has 0 spiro atoms. The van der Waals surface area contributed by atoms with Gasteiger partial charge in [-0.05, 0) is 42.0 Å². The van der Waals surface area contributed by atoms with E-state index in [0.29, 0.717) is 30.1 Å². The van der Waals surface area contributed by atoms with Crippen molar-refractivity contribution in [2.24, 2.45) is 0 Å². The van der Waals surface area contributed by atoms with Gasteiger partial charge in [0.2, 0.25) is 0 Å². The third-order valence-corrected chi connectivity index (χ3v) is 4.50. The van der Waals surface area contributed by atoms with E-state index in [0.717, 1.165) is 16.9 Å². The van der Waals surface area contributed by atoms with E-state index in [1.807, 2.05) is 36.4 Å². The van der Waals surface area contributed by atoms with Crippen LogP contribution in [0.4, 0.5) is 0 Å². The second-order valence-electron chi connectivity index (χ2n) is 6.23. The Hall–Kier alpha value is -3.34. The number of hydrogen-bond donors (Lipinski definition) is 0. The van der Waals surface area contributed by atoms with Crippen molar-refractivity contribution in [3.05, 3.63) is 83.7 Å². The summed E-state index contributed by atoms with van der Waals surface area (Å²) >= 11 is 0. The summed E-state index contributed by atoms with van der Waals surface area (Å²) in [7, 11) is 1.64. The molecule has 1 aliphatic rings. The number of pyridine rings is 1. The minimum absolute atomic E-state index is 0.0984. The number of aromatic nitrogens is 1. The summed E-state index contributed by atoms with van der Waals surface area (Å²) in [4.78, 5) is 16.1. The first-order valence-corrected chi connectivity index (χ1v) is 8.75. The molecule has 27 heavy (non-hydrogen) atoms. The van der Waals surface area contributed by atoms with Crippen LogP contribution in [0.2, 0.25) is 0 Å². The van der Waals surface area contributed by atoms with E-state index in [1.54, 1.807) is 37.7 Å². The fourth-order valence-electron chi connectivity index (χ4n) is 3.12. The zero-order chi connectivity index (χ0) is 18.6. The minimum atomic E-state index is -0.347. The van der Waals surface area contributed by atoms with Crippen LogP contribution in [0.3, 0.4) is 0 Å². The van der Waals surface area contributed by atoms with Gasteiger partial charge in [0.15, 0.2) is 5.78 Å². The third-order valence-electron chi connectivity index (χ3n) is 4.50. The van der Waals surface area contributed by atoms with Crippen molar-refractivity contribution in [3.8, 4) is 17.2 Å². The first kappa shape index (κ1) is 17.1. The summed E-state index contributed by atoms with van der Waals surface area (Å²) in [6.45, 7) is 0.402. The lowest BCUT2D eigenvalue weighted by Crippen LogP contribution is -2.15. The van der Waals surface area contributed by atoms with Gasteiger partial charge >= 0.3 is 0 Å². The molecule has 0 saturated heterocycles. The Morgan fingerprint density at radius 1 is 1.00 bits per heavy atom. The van der Waals surface area contributed by atoms with Crippen LogP contribution in [0, 0.1) is 0 Å². The molecule has 2 heterocycles. The molecule has 2 aromatic carbocycles. The number of nitrogens with zero attached hydrogens (tertiary/aromatic N) is 1. The number of Topliss-reactive ketones (excluding diaryl/α,β-unsaturated/α-hetero) is 1. The van der Waals surface area contributed by atoms with Crippen LogP contribution in [0.5, 0.6) is 17.2 Å². The van der Waals surface area contributed by atoms with Crippen molar-refractivity contribution in [3.63, 3.8) is 0 Å². The smallest absolute Gasteiger partial charge is 0.169 e. The highest BCUT2D eigenvalue weighted by Crippen LogP contribution is 2.34. The molecule has 136 valence electrons. The predicted molar refractivity (Wildman–Crippen MR) is 101 cm³/mol. The first-order valence-electron chi connectivity index (χ1n) is 8.75. The lowest BCUT2D eigenvalue weighted by atomic mass is 10.0. The van der Waals surface area contributed by atoms with Gasteiger partial charge in [-0.25, -0.2) is 0 Å². The molecule has 1 aromatic heterocycles. The predicted octanol–water partition coefficient (Wildman–Crippen LogP) is 4.22. The van der Waals surface area contributed by atoms with Gasteiger partial charge in [0.1, 0.15) is 23.4 Å². The van der Waals surface area contributed by atoms with Crippen molar-refractivity contribution in [1.29, 1.82) is 0 Å². The number of ether oxygens (including phenoxy) is 3. The largest absolute Gasteiger partial charge is 0.497 e. The number of carbonyl (C=O) groups is 1. The molecule has 5 heteroatoms. The van der Waals surface area contributed by atoms with Crippen LogP contribution in [0.1, 0.15) is 34.0 Å². The van der Waals surface area contributed by atoms with Gasteiger partial charge in [0, 0.05) is 30.4 Å². The molecule has 0 bridgehead atoms. The van der Waals surface area contributed by atoms with Crippen molar-refractivity contribution < 1.29 is 19.0 Å². The van der Waals surface area contributed by atoms with E-state index in [9.17, 15) is 4.79 Å². The van der Waals surface area contributed by atoms with E-state index in [1.165, 1.54) is 0 Å². The van der Waals surface area contributed by atoms with Gasteiger partial charge in [0.25, 0.3) is 0 Å². The zero-order valence-corrected chi connectivity index (χ0v) is 14.9. The maximum absolute atomic E-state index is 12.0. The molecule has 0 fully saturated rings. The normalized spacial score (nSPS) is 14.0. The quantitative estimate of drug-likeness (QED) is 0.681. The maximum atomic E-state index is 12.0. The van der Waals surface area contributed by atoms with Crippen LogP contribution >= 0.6 is 0 Å². The van der Waals surface area contributed by atoms with Crippen LogP contribution in [-0.2, 0) is 0 Å². The summed E-state index contributed by atoms with van der Waals surface area (Å²) < 4.78 is 17.3. The first-order chi connectivity index (χ1) is 13.2. The average Bonchev–Trinajstić information content (AvgIpc) is 2.73. The molecule has 5 nitrogen and oxygen atoms in total. The number of fused-ring (bicyclic) bond motifs is 1. The highest BCUT2D eigenvalue weighted by atomic mass is 16.5. The minimum Gasteiger partial charge on any atom is -0.497 e.